The Labute approximate surface area is 31.4 Å². The molecule has 3 nitrogen and oxygen atoms in total. The average Bonchev–Trinajstić information content (AvgIpc) is 0.811. The molecule has 0 aromatic heterocycles. The predicted molar refractivity (Wildman–Crippen MR) is 10.9 cm³/mol. The minimum atomic E-state index is -3.70. The molecule has 0 aliphatic heterocycles. The second-order valence-corrected chi connectivity index (χ2v) is 1.70. The number of rotatable bonds is 0. The Hall–Kier alpha value is 0.538. The topological polar surface area (TPSA) is 57.5 Å². The number of hydrogen-bond donors (Lipinski definition) is 2. The van der Waals surface area contributed by atoms with E-state index in [0.29, 0.717) is 0 Å². The van der Waals surface area contributed by atoms with Gasteiger partial charge in [-0.3, -0.25) is 0 Å². The van der Waals surface area contributed by atoms with Crippen LogP contribution >= 0.6 is 0 Å². The summed E-state index contributed by atoms with van der Waals surface area (Å²) in [6, 6.07) is 0. The van der Waals surface area contributed by atoms with Crippen LogP contribution in [0.2, 0.25) is 0 Å². The quantitative estimate of drug-likeness (QED) is 0.432. The molecule has 0 aliphatic carbocycles. The zero-order valence-corrected chi connectivity index (χ0v) is 4.30. The fourth-order valence-corrected chi connectivity index (χ4v) is 0. The predicted octanol–water partition coefficient (Wildman–Crippen LogP) is -1.61. The van der Waals surface area contributed by atoms with Crippen LogP contribution in [-0.2, 0) is 3.02 Å². The van der Waals surface area contributed by atoms with Crippen molar-refractivity contribution in [2.75, 3.05) is 0 Å². The van der Waals surface area contributed by atoms with Crippen molar-refractivity contribution in [2.24, 2.45) is 0 Å². The second-order valence-electron chi connectivity index (χ2n) is 0.253. The van der Waals surface area contributed by atoms with E-state index in [1.54, 1.807) is 0 Å². The van der Waals surface area contributed by atoms with Gasteiger partial charge in [-0.05, 0) is 0 Å². The molecule has 0 aliphatic rings. The zero-order valence-electron chi connectivity index (χ0n) is 1.75. The van der Waals surface area contributed by atoms with Gasteiger partial charge in [0.25, 0.3) is 0 Å². The molecule has 0 amide bonds. The summed E-state index contributed by atoms with van der Waals surface area (Å²) in [6.07, 6.45) is 0. The summed E-state index contributed by atoms with van der Waals surface area (Å²) in [5, 5.41) is 0. The molecule has 2 N–H and O–H groups in total. The summed E-state index contributed by atoms with van der Waals surface area (Å²) in [6.45, 7) is 0. The van der Waals surface area contributed by atoms with Crippen LogP contribution < -0.4 is 0 Å². The summed E-state index contributed by atoms with van der Waals surface area (Å²) < 4.78 is 23.3. The average molecular weight is 172 g/mol. The second kappa shape index (κ2) is 1.82. The fraction of sp³-hybridized carbons (Fsp3) is 0. The van der Waals surface area contributed by atoms with Crippen LogP contribution in [0.1, 0.15) is 0 Å². The van der Waals surface area contributed by atoms with Crippen LogP contribution in [0.4, 0.5) is 0 Å². The van der Waals surface area contributed by atoms with Crippen LogP contribution in [0, 0.1) is 0 Å². The van der Waals surface area contributed by atoms with Crippen LogP contribution in [-0.4, -0.2) is 27.8 Å². The molecule has 0 fully saturated rings. The third kappa shape index (κ3) is 20.7. The fourth-order valence-electron chi connectivity index (χ4n) is 0. The summed E-state index contributed by atoms with van der Waals surface area (Å²) in [7, 11) is 0. The van der Waals surface area contributed by atoms with Crippen LogP contribution in [0.25, 0.3) is 0 Å². The molecule has 0 bridgehead atoms. The first-order chi connectivity index (χ1) is 1.73. The van der Waals surface area contributed by atoms with Gasteiger partial charge < -0.3 is 0 Å². The van der Waals surface area contributed by atoms with Crippen molar-refractivity contribution in [3.63, 3.8) is 0 Å². The first-order valence-corrected chi connectivity index (χ1v) is 3.91. The Morgan fingerprint density at radius 3 is 1.50 bits per heavy atom. The first kappa shape index (κ1) is 4.54. The SMILES string of the molecule is [O]=[Sb]([OH])[OH]. The molecule has 0 saturated heterocycles. The molecular formula is H2O3Sb. The number of hydrogen-bond acceptors (Lipinski definition) is 1. The van der Waals surface area contributed by atoms with Crippen molar-refractivity contribution in [1.82, 2.24) is 0 Å². The van der Waals surface area contributed by atoms with E-state index in [1.807, 2.05) is 0 Å². The standard InChI is InChI=1S/2H2O.O.Sb/h2*1H2;;/q;;;+2/p-2. The summed E-state index contributed by atoms with van der Waals surface area (Å²) in [5.41, 5.74) is 0. The minimum absolute atomic E-state index is 3.70. The van der Waals surface area contributed by atoms with Crippen molar-refractivity contribution >= 4 is 21.0 Å². The van der Waals surface area contributed by atoms with Crippen molar-refractivity contribution < 1.29 is 9.79 Å². The molecule has 4 heavy (non-hydrogen) atoms. The molecule has 0 aromatic carbocycles. The Morgan fingerprint density at radius 1 is 1.50 bits per heavy atom. The van der Waals surface area contributed by atoms with Crippen LogP contribution in [0.15, 0.2) is 0 Å². The maximum atomic E-state index is 8.82. The van der Waals surface area contributed by atoms with E-state index in [9.17, 15) is 0 Å². The Morgan fingerprint density at radius 2 is 1.50 bits per heavy atom. The van der Waals surface area contributed by atoms with Gasteiger partial charge in [-0.1, -0.05) is 0 Å². The molecule has 0 rings (SSSR count). The van der Waals surface area contributed by atoms with Gasteiger partial charge >= 0.3 is 30.8 Å². The third-order valence-corrected chi connectivity index (χ3v) is 0. The van der Waals surface area contributed by atoms with E-state index in [2.05, 4.69) is 0 Å². The molecule has 0 heterocycles. The first-order valence-electron chi connectivity index (χ1n) is 0.583. The molecule has 1 radical (unpaired) electrons. The molecule has 0 unspecified atom stereocenters. The van der Waals surface area contributed by atoms with E-state index in [-0.39, 0.29) is 0 Å². The molecule has 4 heteroatoms. The normalized spacial score (nSPS) is 6.50. The van der Waals surface area contributed by atoms with Crippen molar-refractivity contribution in [2.45, 2.75) is 0 Å². The van der Waals surface area contributed by atoms with Gasteiger partial charge in [0.15, 0.2) is 0 Å². The van der Waals surface area contributed by atoms with E-state index >= 15 is 0 Å². The Kier molecular flexibility index (Phi) is 2.07. The van der Waals surface area contributed by atoms with Crippen molar-refractivity contribution in [1.29, 1.82) is 0 Å². The van der Waals surface area contributed by atoms with Gasteiger partial charge in [-0.2, -0.15) is 0 Å². The molecule has 0 aromatic rings. The van der Waals surface area contributed by atoms with Crippen molar-refractivity contribution in [3.8, 4) is 0 Å². The van der Waals surface area contributed by atoms with Crippen molar-refractivity contribution in [3.05, 3.63) is 0 Å². The molecule has 0 atom stereocenters. The van der Waals surface area contributed by atoms with E-state index in [1.165, 1.54) is 0 Å². The molecule has 0 spiro atoms. The third-order valence-electron chi connectivity index (χ3n) is 0. The Bertz CT molecular complexity index is 26.3. The van der Waals surface area contributed by atoms with E-state index in [4.69, 9.17) is 9.79 Å². The van der Waals surface area contributed by atoms with Crippen LogP contribution in [0.3, 0.4) is 0 Å². The maximum absolute atomic E-state index is 8.82. The molecule has 25 valence electrons. The molecule has 0 saturated carbocycles. The zero-order chi connectivity index (χ0) is 3.58. The van der Waals surface area contributed by atoms with E-state index in [0.717, 1.165) is 0 Å². The van der Waals surface area contributed by atoms with E-state index < -0.39 is 21.0 Å². The summed E-state index contributed by atoms with van der Waals surface area (Å²) in [5.74, 6) is 0. The van der Waals surface area contributed by atoms with Gasteiger partial charge in [0.2, 0.25) is 0 Å². The summed E-state index contributed by atoms with van der Waals surface area (Å²) in [4.78, 5) is 0. The monoisotopic (exact) mass is 171 g/mol. The van der Waals surface area contributed by atoms with Crippen LogP contribution in [0.5, 0.6) is 0 Å². The van der Waals surface area contributed by atoms with Gasteiger partial charge in [0.05, 0.1) is 0 Å². The summed E-state index contributed by atoms with van der Waals surface area (Å²) >= 11 is -3.70. The Balaban J connectivity index is 2.80. The molecular weight excluding hydrogens is 170 g/mol. The van der Waals surface area contributed by atoms with Gasteiger partial charge in [0.1, 0.15) is 0 Å². The van der Waals surface area contributed by atoms with Gasteiger partial charge in [0, 0.05) is 0 Å². The van der Waals surface area contributed by atoms with Gasteiger partial charge in [-0.15, -0.1) is 0 Å². The van der Waals surface area contributed by atoms with Gasteiger partial charge in [-0.25, -0.2) is 0 Å².